The fraction of sp³-hybridized carbons (Fsp3) is 0.222. The van der Waals surface area contributed by atoms with Gasteiger partial charge in [0.1, 0.15) is 5.40 Å². The topological polar surface area (TPSA) is 23.8 Å². The van der Waals surface area contributed by atoms with Crippen molar-refractivity contribution in [1.82, 2.24) is 0 Å². The standard InChI is InChI=1S/C9H8BrNS/c10-9-3-1-8(2-4-9)5-6-12-7-11/h1-4H,5-6H2. The van der Waals surface area contributed by atoms with Crippen molar-refractivity contribution in [3.05, 3.63) is 34.3 Å². The van der Waals surface area contributed by atoms with Crippen LogP contribution < -0.4 is 0 Å². The molecule has 1 nitrogen and oxygen atoms in total. The molecule has 1 rings (SSSR count). The van der Waals surface area contributed by atoms with Gasteiger partial charge in [-0.1, -0.05) is 28.1 Å². The smallest absolute Gasteiger partial charge is 0.133 e. The van der Waals surface area contributed by atoms with E-state index in [1.54, 1.807) is 0 Å². The Bertz CT molecular complexity index is 276. The van der Waals surface area contributed by atoms with Gasteiger partial charge in [-0.15, -0.1) is 0 Å². The average Bonchev–Trinajstić information content (AvgIpc) is 2.09. The molecule has 0 spiro atoms. The summed E-state index contributed by atoms with van der Waals surface area (Å²) in [4.78, 5) is 0. The van der Waals surface area contributed by atoms with Crippen molar-refractivity contribution < 1.29 is 0 Å². The third-order valence-corrected chi connectivity index (χ3v) is 2.54. The summed E-state index contributed by atoms with van der Waals surface area (Å²) in [5.41, 5.74) is 1.28. The molecule has 0 heterocycles. The summed E-state index contributed by atoms with van der Waals surface area (Å²) in [6.07, 6.45) is 0.964. The van der Waals surface area contributed by atoms with Crippen LogP contribution in [0.5, 0.6) is 0 Å². The lowest BCUT2D eigenvalue weighted by Gasteiger charge is -1.97. The first kappa shape index (κ1) is 9.63. The molecule has 62 valence electrons. The SMILES string of the molecule is N#CSCCc1ccc(Br)cc1. The van der Waals surface area contributed by atoms with Gasteiger partial charge in [-0.3, -0.25) is 0 Å². The van der Waals surface area contributed by atoms with Gasteiger partial charge in [0.15, 0.2) is 0 Å². The zero-order chi connectivity index (χ0) is 8.81. The summed E-state index contributed by atoms with van der Waals surface area (Å²) < 4.78 is 1.10. The first-order chi connectivity index (χ1) is 5.83. The number of thioether (sulfide) groups is 1. The molecule has 0 saturated heterocycles. The summed E-state index contributed by atoms with van der Waals surface area (Å²) in [5, 5.41) is 10.4. The van der Waals surface area contributed by atoms with E-state index in [1.807, 2.05) is 12.1 Å². The Morgan fingerprint density at radius 2 is 2.00 bits per heavy atom. The van der Waals surface area contributed by atoms with E-state index in [0.29, 0.717) is 0 Å². The Balaban J connectivity index is 2.43. The van der Waals surface area contributed by atoms with Crippen LogP contribution in [-0.4, -0.2) is 5.75 Å². The lowest BCUT2D eigenvalue weighted by molar-refractivity contribution is 1.16. The van der Waals surface area contributed by atoms with Crippen molar-refractivity contribution in [2.24, 2.45) is 0 Å². The lowest BCUT2D eigenvalue weighted by Crippen LogP contribution is -1.86. The van der Waals surface area contributed by atoms with E-state index >= 15 is 0 Å². The molecule has 0 aliphatic heterocycles. The molecular weight excluding hydrogens is 234 g/mol. The van der Waals surface area contributed by atoms with Crippen LogP contribution in [-0.2, 0) is 6.42 Å². The second-order valence-corrected chi connectivity index (χ2v) is 4.11. The molecule has 0 unspecified atom stereocenters. The monoisotopic (exact) mass is 241 g/mol. The number of thiocyanates is 1. The largest absolute Gasteiger partial charge is 0.185 e. The number of rotatable bonds is 3. The van der Waals surface area contributed by atoms with Gasteiger partial charge in [0.25, 0.3) is 0 Å². The number of nitriles is 1. The van der Waals surface area contributed by atoms with E-state index in [0.717, 1.165) is 16.6 Å². The van der Waals surface area contributed by atoms with Crippen molar-refractivity contribution in [3.63, 3.8) is 0 Å². The van der Waals surface area contributed by atoms with Gasteiger partial charge in [0.05, 0.1) is 0 Å². The molecular formula is C9H8BrNS. The predicted octanol–water partition coefficient (Wildman–Crippen LogP) is 3.21. The summed E-state index contributed by atoms with van der Waals surface area (Å²) in [5.74, 6) is 0.873. The van der Waals surface area contributed by atoms with Crippen molar-refractivity contribution in [3.8, 4) is 5.40 Å². The number of hydrogen-bond acceptors (Lipinski definition) is 2. The molecule has 0 atom stereocenters. The molecule has 0 aliphatic rings. The summed E-state index contributed by atoms with van der Waals surface area (Å²) in [7, 11) is 0. The molecule has 0 aromatic heterocycles. The van der Waals surface area contributed by atoms with Gasteiger partial charge < -0.3 is 0 Å². The number of aryl methyl sites for hydroxylation is 1. The number of halogens is 1. The quantitative estimate of drug-likeness (QED) is 0.600. The van der Waals surface area contributed by atoms with Crippen LogP contribution in [0.2, 0.25) is 0 Å². The zero-order valence-corrected chi connectivity index (χ0v) is 8.86. The fourth-order valence-corrected chi connectivity index (χ4v) is 1.56. The van der Waals surface area contributed by atoms with Crippen LogP contribution in [0.4, 0.5) is 0 Å². The Kier molecular flexibility index (Phi) is 4.20. The molecule has 0 aliphatic carbocycles. The average molecular weight is 242 g/mol. The van der Waals surface area contributed by atoms with E-state index in [-0.39, 0.29) is 0 Å². The maximum Gasteiger partial charge on any atom is 0.133 e. The van der Waals surface area contributed by atoms with Gasteiger partial charge in [-0.05, 0) is 35.9 Å². The van der Waals surface area contributed by atoms with Gasteiger partial charge in [-0.25, -0.2) is 0 Å². The van der Waals surface area contributed by atoms with Gasteiger partial charge in [0.2, 0.25) is 0 Å². The minimum absolute atomic E-state index is 0.873. The number of hydrogen-bond donors (Lipinski definition) is 0. The van der Waals surface area contributed by atoms with Crippen LogP contribution in [0.3, 0.4) is 0 Å². The van der Waals surface area contributed by atoms with E-state index < -0.39 is 0 Å². The van der Waals surface area contributed by atoms with Crippen LogP contribution >= 0.6 is 27.7 Å². The molecule has 0 N–H and O–H groups in total. The molecule has 1 aromatic rings. The Morgan fingerprint density at radius 3 is 2.58 bits per heavy atom. The molecule has 12 heavy (non-hydrogen) atoms. The predicted molar refractivity (Wildman–Crippen MR) is 55.9 cm³/mol. The highest BCUT2D eigenvalue weighted by Crippen LogP contribution is 2.12. The maximum absolute atomic E-state index is 8.29. The molecule has 0 fully saturated rings. The third kappa shape index (κ3) is 3.29. The van der Waals surface area contributed by atoms with Crippen LogP contribution in [0.1, 0.15) is 5.56 Å². The molecule has 0 amide bonds. The number of nitrogens with zero attached hydrogens (tertiary/aromatic N) is 1. The number of benzene rings is 1. The Hall–Kier alpha value is -0.460. The van der Waals surface area contributed by atoms with Crippen LogP contribution in [0.15, 0.2) is 28.7 Å². The molecule has 0 bridgehead atoms. The highest BCUT2D eigenvalue weighted by Gasteiger charge is 1.92. The minimum Gasteiger partial charge on any atom is -0.185 e. The second-order valence-electron chi connectivity index (χ2n) is 2.32. The Labute approximate surface area is 84.9 Å². The van der Waals surface area contributed by atoms with Gasteiger partial charge in [-0.2, -0.15) is 5.26 Å². The van der Waals surface area contributed by atoms with Gasteiger partial charge in [0, 0.05) is 10.2 Å². The molecule has 0 saturated carbocycles. The van der Waals surface area contributed by atoms with E-state index in [2.05, 4.69) is 33.5 Å². The highest BCUT2D eigenvalue weighted by molar-refractivity contribution is 9.10. The first-order valence-corrected chi connectivity index (χ1v) is 5.36. The van der Waals surface area contributed by atoms with Crippen LogP contribution in [0, 0.1) is 10.7 Å². The molecule has 1 aromatic carbocycles. The van der Waals surface area contributed by atoms with E-state index in [1.165, 1.54) is 17.3 Å². The summed E-state index contributed by atoms with van der Waals surface area (Å²) in [6.45, 7) is 0. The second kappa shape index (κ2) is 5.23. The van der Waals surface area contributed by atoms with Crippen molar-refractivity contribution in [2.75, 3.05) is 5.75 Å². The zero-order valence-electron chi connectivity index (χ0n) is 6.46. The van der Waals surface area contributed by atoms with Crippen molar-refractivity contribution in [2.45, 2.75) is 6.42 Å². The Morgan fingerprint density at radius 1 is 1.33 bits per heavy atom. The van der Waals surface area contributed by atoms with E-state index in [9.17, 15) is 0 Å². The van der Waals surface area contributed by atoms with Crippen molar-refractivity contribution in [1.29, 1.82) is 5.26 Å². The first-order valence-electron chi connectivity index (χ1n) is 3.58. The fourth-order valence-electron chi connectivity index (χ4n) is 0.866. The normalized spacial score (nSPS) is 9.33. The van der Waals surface area contributed by atoms with E-state index in [4.69, 9.17) is 5.26 Å². The minimum atomic E-state index is 0.873. The van der Waals surface area contributed by atoms with Crippen LogP contribution in [0.25, 0.3) is 0 Å². The highest BCUT2D eigenvalue weighted by atomic mass is 79.9. The molecule has 0 radical (unpaired) electrons. The maximum atomic E-state index is 8.29. The lowest BCUT2D eigenvalue weighted by atomic mass is 10.2. The molecule has 3 heteroatoms. The van der Waals surface area contributed by atoms with Gasteiger partial charge >= 0.3 is 0 Å². The van der Waals surface area contributed by atoms with Crippen molar-refractivity contribution >= 4 is 27.7 Å². The summed E-state index contributed by atoms with van der Waals surface area (Å²) >= 11 is 4.67. The summed E-state index contributed by atoms with van der Waals surface area (Å²) in [6, 6.07) is 8.18. The third-order valence-electron chi connectivity index (χ3n) is 1.47.